The summed E-state index contributed by atoms with van der Waals surface area (Å²) in [6.07, 6.45) is -1.40. The lowest BCUT2D eigenvalue weighted by molar-refractivity contribution is 0.213. The smallest absolute Gasteiger partial charge is 0.173 e. The van der Waals surface area contributed by atoms with Crippen LogP contribution in [0.3, 0.4) is 0 Å². The minimum Gasteiger partial charge on any atom is -0.384 e. The Hall–Kier alpha value is -0.850. The Labute approximate surface area is 124 Å². The van der Waals surface area contributed by atoms with E-state index >= 15 is 0 Å². The Bertz CT molecular complexity index is 632. The molecule has 0 saturated heterocycles. The van der Waals surface area contributed by atoms with E-state index in [1.165, 1.54) is 24.3 Å². The van der Waals surface area contributed by atoms with Crippen LogP contribution in [0.1, 0.15) is 17.2 Å². The number of hydrogen-bond acceptors (Lipinski definition) is 1. The van der Waals surface area contributed by atoms with Gasteiger partial charge in [0, 0.05) is 15.6 Å². The third-order valence-corrected chi connectivity index (χ3v) is 3.91. The second-order valence-corrected chi connectivity index (χ2v) is 5.54. The van der Waals surface area contributed by atoms with Crippen molar-refractivity contribution in [3.05, 3.63) is 67.9 Å². The summed E-state index contributed by atoms with van der Waals surface area (Å²) in [4.78, 5) is 0. The van der Waals surface area contributed by atoms with Crippen LogP contribution in [0, 0.1) is 17.5 Å². The molecule has 1 N–H and O–H groups in total. The van der Waals surface area contributed by atoms with Crippen molar-refractivity contribution in [2.45, 2.75) is 6.10 Å². The van der Waals surface area contributed by atoms with E-state index in [2.05, 4.69) is 31.9 Å². The fraction of sp³-hybridized carbons (Fsp3) is 0.0769. The zero-order valence-corrected chi connectivity index (χ0v) is 12.5. The van der Waals surface area contributed by atoms with Gasteiger partial charge in [0.15, 0.2) is 11.6 Å². The Morgan fingerprint density at radius 3 is 2.21 bits per heavy atom. The second-order valence-electron chi connectivity index (χ2n) is 3.83. The molecule has 0 saturated carbocycles. The van der Waals surface area contributed by atoms with E-state index in [1.807, 2.05) is 0 Å². The first kappa shape index (κ1) is 14.6. The Balaban J connectivity index is 2.53. The molecule has 0 spiro atoms. The molecule has 19 heavy (non-hydrogen) atoms. The van der Waals surface area contributed by atoms with Crippen molar-refractivity contribution in [3.63, 3.8) is 0 Å². The molecule has 0 aliphatic rings. The predicted octanol–water partition coefficient (Wildman–Crippen LogP) is 4.71. The highest BCUT2D eigenvalue weighted by Crippen LogP contribution is 2.33. The van der Waals surface area contributed by atoms with Gasteiger partial charge in [0.2, 0.25) is 0 Å². The summed E-state index contributed by atoms with van der Waals surface area (Å²) in [5, 5.41) is 10.1. The number of rotatable bonds is 2. The Morgan fingerprint density at radius 2 is 1.53 bits per heavy atom. The van der Waals surface area contributed by atoms with Crippen molar-refractivity contribution < 1.29 is 18.3 Å². The number of aliphatic hydroxyl groups is 1. The van der Waals surface area contributed by atoms with E-state index in [-0.39, 0.29) is 15.6 Å². The molecule has 2 rings (SSSR count). The number of benzene rings is 2. The van der Waals surface area contributed by atoms with Crippen LogP contribution in [0.15, 0.2) is 39.3 Å². The van der Waals surface area contributed by atoms with Crippen LogP contribution in [0.2, 0.25) is 0 Å². The van der Waals surface area contributed by atoms with Crippen LogP contribution >= 0.6 is 31.9 Å². The van der Waals surface area contributed by atoms with Crippen LogP contribution in [0.5, 0.6) is 0 Å². The first-order chi connectivity index (χ1) is 8.91. The Kier molecular flexibility index (Phi) is 4.32. The zero-order chi connectivity index (χ0) is 14.2. The summed E-state index contributed by atoms with van der Waals surface area (Å²) in [7, 11) is 0. The largest absolute Gasteiger partial charge is 0.384 e. The van der Waals surface area contributed by atoms with Crippen molar-refractivity contribution >= 4 is 31.9 Å². The molecule has 2 aromatic carbocycles. The van der Waals surface area contributed by atoms with Crippen molar-refractivity contribution in [3.8, 4) is 0 Å². The molecule has 0 amide bonds. The fourth-order valence-electron chi connectivity index (χ4n) is 1.64. The van der Waals surface area contributed by atoms with Crippen LogP contribution in [-0.4, -0.2) is 5.11 Å². The van der Waals surface area contributed by atoms with Gasteiger partial charge in [-0.1, -0.05) is 22.0 Å². The summed E-state index contributed by atoms with van der Waals surface area (Å²) >= 11 is 6.02. The quantitative estimate of drug-likeness (QED) is 0.730. The molecule has 100 valence electrons. The molecule has 1 unspecified atom stereocenters. The molecule has 1 nitrogen and oxygen atoms in total. The van der Waals surface area contributed by atoms with Gasteiger partial charge in [0.05, 0.1) is 4.47 Å². The van der Waals surface area contributed by atoms with Crippen molar-refractivity contribution in [2.75, 3.05) is 0 Å². The molecule has 0 aromatic heterocycles. The van der Waals surface area contributed by atoms with Crippen LogP contribution in [-0.2, 0) is 0 Å². The lowest BCUT2D eigenvalue weighted by Gasteiger charge is -2.15. The zero-order valence-electron chi connectivity index (χ0n) is 9.30. The van der Waals surface area contributed by atoms with Crippen molar-refractivity contribution in [2.24, 2.45) is 0 Å². The molecule has 0 bridgehead atoms. The van der Waals surface area contributed by atoms with Crippen LogP contribution in [0.4, 0.5) is 13.2 Å². The molecule has 0 aliphatic heterocycles. The minimum absolute atomic E-state index is 0.0268. The summed E-state index contributed by atoms with van der Waals surface area (Å²) in [5.74, 6) is -2.79. The van der Waals surface area contributed by atoms with Gasteiger partial charge >= 0.3 is 0 Å². The van der Waals surface area contributed by atoms with Crippen molar-refractivity contribution in [1.82, 2.24) is 0 Å². The number of halogens is 5. The maximum atomic E-state index is 13.7. The van der Waals surface area contributed by atoms with E-state index in [0.717, 1.165) is 6.07 Å². The number of aliphatic hydroxyl groups excluding tert-OH is 1. The summed E-state index contributed by atoms with van der Waals surface area (Å²) in [6, 6.07) is 6.12. The van der Waals surface area contributed by atoms with E-state index in [4.69, 9.17) is 0 Å². The lowest BCUT2D eigenvalue weighted by Crippen LogP contribution is -2.05. The summed E-state index contributed by atoms with van der Waals surface area (Å²) < 4.78 is 40.4. The van der Waals surface area contributed by atoms with Gasteiger partial charge in [-0.3, -0.25) is 0 Å². The Morgan fingerprint density at radius 1 is 0.895 bits per heavy atom. The maximum Gasteiger partial charge on any atom is 0.173 e. The molecule has 0 fully saturated rings. The standard InChI is InChI=1S/C13H7Br2F3O/c14-6-1-3-9(16)8(5-6)13(19)7-2-4-10(17)12(18)11(7)15/h1-5,13,19H. The molecule has 2 aromatic rings. The van der Waals surface area contributed by atoms with Gasteiger partial charge in [0.25, 0.3) is 0 Å². The average molecular weight is 396 g/mol. The third kappa shape index (κ3) is 2.85. The maximum absolute atomic E-state index is 13.7. The topological polar surface area (TPSA) is 20.2 Å². The molecule has 0 heterocycles. The van der Waals surface area contributed by atoms with Gasteiger partial charge in [0.1, 0.15) is 11.9 Å². The lowest BCUT2D eigenvalue weighted by atomic mass is 10.0. The van der Waals surface area contributed by atoms with E-state index in [1.54, 1.807) is 0 Å². The molecular weight excluding hydrogens is 389 g/mol. The highest BCUT2D eigenvalue weighted by atomic mass is 79.9. The monoisotopic (exact) mass is 394 g/mol. The summed E-state index contributed by atoms with van der Waals surface area (Å²) in [6.45, 7) is 0. The van der Waals surface area contributed by atoms with Gasteiger partial charge in [-0.05, 0) is 40.2 Å². The SMILES string of the molecule is OC(c1cc(Br)ccc1F)c1ccc(F)c(F)c1Br. The third-order valence-electron chi connectivity index (χ3n) is 2.61. The van der Waals surface area contributed by atoms with Gasteiger partial charge in [-0.25, -0.2) is 13.2 Å². The van der Waals surface area contributed by atoms with E-state index < -0.39 is 23.6 Å². The molecule has 6 heteroatoms. The highest BCUT2D eigenvalue weighted by molar-refractivity contribution is 9.10. The number of hydrogen-bond donors (Lipinski definition) is 1. The van der Waals surface area contributed by atoms with E-state index in [9.17, 15) is 18.3 Å². The predicted molar refractivity (Wildman–Crippen MR) is 72.2 cm³/mol. The van der Waals surface area contributed by atoms with Crippen LogP contribution < -0.4 is 0 Å². The molecule has 0 aliphatic carbocycles. The minimum atomic E-state index is -1.40. The highest BCUT2D eigenvalue weighted by Gasteiger charge is 2.21. The van der Waals surface area contributed by atoms with Gasteiger partial charge < -0.3 is 5.11 Å². The average Bonchev–Trinajstić information content (AvgIpc) is 2.38. The van der Waals surface area contributed by atoms with Crippen LogP contribution in [0.25, 0.3) is 0 Å². The molecular formula is C13H7Br2F3O. The molecule has 0 radical (unpaired) electrons. The first-order valence-corrected chi connectivity index (χ1v) is 6.77. The normalized spacial score (nSPS) is 12.5. The van der Waals surface area contributed by atoms with Crippen molar-refractivity contribution in [1.29, 1.82) is 0 Å². The van der Waals surface area contributed by atoms with Gasteiger partial charge in [-0.15, -0.1) is 0 Å². The summed E-state index contributed by atoms with van der Waals surface area (Å²) in [5.41, 5.74) is 0.0250. The second kappa shape index (κ2) is 5.64. The molecule has 1 atom stereocenters. The van der Waals surface area contributed by atoms with E-state index in [0.29, 0.717) is 4.47 Å². The first-order valence-electron chi connectivity index (χ1n) is 5.18. The fourth-order valence-corrected chi connectivity index (χ4v) is 2.56. The van der Waals surface area contributed by atoms with Gasteiger partial charge in [-0.2, -0.15) is 0 Å².